The number of nitrogens with one attached hydrogen (secondary N) is 4. The molecule has 5 aliphatic heterocycles. The molecule has 9 amide bonds. The van der Waals surface area contributed by atoms with Gasteiger partial charge in [0.2, 0.25) is 35.4 Å². The van der Waals surface area contributed by atoms with Gasteiger partial charge in [-0.15, -0.1) is 11.3 Å². The Kier molecular flexibility index (Phi) is 18.3. The van der Waals surface area contributed by atoms with Gasteiger partial charge in [0, 0.05) is 77.9 Å². The number of hydrogen-bond acceptors (Lipinski definition) is 13. The van der Waals surface area contributed by atoms with E-state index in [0.717, 1.165) is 35.5 Å². The Morgan fingerprint density at radius 3 is 2.40 bits per heavy atom. The number of amides is 9. The number of likely N-dealkylation sites (N-methyl/N-ethyl adjacent to an activating group) is 1. The molecule has 3 unspecified atom stereocenters. The van der Waals surface area contributed by atoms with Crippen LogP contribution in [0.3, 0.4) is 0 Å². The number of carbonyl (C=O) groups excluding carboxylic acids is 9. The summed E-state index contributed by atoms with van der Waals surface area (Å²) in [5, 5.41) is 11.0. The number of rotatable bonds is 16. The summed E-state index contributed by atoms with van der Waals surface area (Å²) in [5.74, 6) is 2.06. The van der Waals surface area contributed by atoms with Crippen LogP contribution in [0.2, 0.25) is 5.02 Å². The van der Waals surface area contributed by atoms with Crippen LogP contribution in [0, 0.1) is 17.8 Å². The van der Waals surface area contributed by atoms with Crippen LogP contribution < -0.4 is 27.0 Å². The number of alkyl halides is 2. The van der Waals surface area contributed by atoms with Crippen molar-refractivity contribution < 1.29 is 71.0 Å². The lowest BCUT2D eigenvalue weighted by atomic mass is 9.91. The fraction of sp³-hybridized carbons (Fsp3) is 0.446. The summed E-state index contributed by atoms with van der Waals surface area (Å²) >= 11 is 7.09. The Morgan fingerprint density at radius 1 is 0.940 bits per heavy atom. The second-order valence-corrected chi connectivity index (χ2v) is 24.6. The van der Waals surface area contributed by atoms with Crippen LogP contribution in [0.4, 0.5) is 13.6 Å². The molecule has 3 aromatic carbocycles. The average molecular weight is 1200 g/mol. The van der Waals surface area contributed by atoms with E-state index in [4.69, 9.17) is 22.1 Å². The van der Waals surface area contributed by atoms with E-state index >= 15 is 0 Å². The maximum atomic E-state index is 14.6. The molecule has 440 valence electrons. The maximum absolute atomic E-state index is 14.6. The first kappa shape index (κ1) is 60.3. The molecule has 4 saturated heterocycles. The minimum atomic E-state index is -5.88. The molecule has 0 spiro atoms. The number of thiophene rings is 1. The van der Waals surface area contributed by atoms with Crippen molar-refractivity contribution in [3.63, 3.8) is 0 Å². The van der Waals surface area contributed by atoms with Crippen LogP contribution in [0.25, 0.3) is 10.1 Å². The summed E-state index contributed by atoms with van der Waals surface area (Å²) in [4.78, 5) is 146. The lowest BCUT2D eigenvalue weighted by molar-refractivity contribution is -0.144. The molecule has 27 heteroatoms. The third kappa shape index (κ3) is 13.7. The van der Waals surface area contributed by atoms with Crippen LogP contribution in [0.15, 0.2) is 66.7 Å². The molecular formula is C56H61ClF2N9O13PS. The molecule has 0 aliphatic carbocycles. The van der Waals surface area contributed by atoms with Gasteiger partial charge in [0.05, 0.1) is 4.88 Å². The Bertz CT molecular complexity index is 3360. The van der Waals surface area contributed by atoms with E-state index in [-0.39, 0.29) is 66.8 Å². The first-order valence-electron chi connectivity index (χ1n) is 27.1. The number of nitrogens with two attached hydrogens (primary N) is 1. The molecule has 22 nitrogen and oxygen atoms in total. The van der Waals surface area contributed by atoms with Crippen LogP contribution in [0.1, 0.15) is 100 Å². The van der Waals surface area contributed by atoms with Crippen LogP contribution in [-0.4, -0.2) is 159 Å². The number of likely N-dealkylation sites (tertiary alicyclic amines) is 1. The fourth-order valence-corrected chi connectivity index (χ4v) is 12.9. The summed E-state index contributed by atoms with van der Waals surface area (Å²) in [5.41, 5.74) is 2.43. The lowest BCUT2D eigenvalue weighted by Crippen LogP contribution is -2.62. The molecule has 8 N–H and O–H groups in total. The number of primary amides is 1. The molecule has 9 rings (SSSR count). The molecule has 83 heavy (non-hydrogen) atoms. The smallest absolute Gasteiger partial charge is 0.404 e. The molecule has 4 fully saturated rings. The number of imide groups is 1. The zero-order valence-electron chi connectivity index (χ0n) is 44.9. The second-order valence-electron chi connectivity index (χ2n) is 21.4. The molecule has 1 aromatic heterocycles. The molecule has 4 aromatic rings. The zero-order valence-corrected chi connectivity index (χ0v) is 47.4. The van der Waals surface area contributed by atoms with E-state index < -0.39 is 103 Å². The van der Waals surface area contributed by atoms with Gasteiger partial charge in [-0.25, -0.2) is 4.79 Å². The maximum Gasteiger partial charge on any atom is 0.404 e. The lowest BCUT2D eigenvalue weighted by Gasteiger charge is -2.38. The highest BCUT2D eigenvalue weighted by Gasteiger charge is 2.51. The molecular weight excluding hydrogens is 1140 g/mol. The predicted molar refractivity (Wildman–Crippen MR) is 297 cm³/mol. The van der Waals surface area contributed by atoms with Gasteiger partial charge in [-0.05, 0) is 123 Å². The Morgan fingerprint density at radius 2 is 1.69 bits per heavy atom. The van der Waals surface area contributed by atoms with Gasteiger partial charge in [-0.3, -0.25) is 48.2 Å². The number of carbonyl (C=O) groups is 9. The van der Waals surface area contributed by atoms with Crippen LogP contribution in [-0.2, 0) is 56.7 Å². The van der Waals surface area contributed by atoms with Gasteiger partial charge in [0.25, 0.3) is 11.8 Å². The van der Waals surface area contributed by atoms with Gasteiger partial charge in [0.1, 0.15) is 36.8 Å². The van der Waals surface area contributed by atoms with Crippen molar-refractivity contribution in [2.45, 2.75) is 113 Å². The molecule has 6 atom stereocenters. The van der Waals surface area contributed by atoms with E-state index in [0.29, 0.717) is 78.2 Å². The van der Waals surface area contributed by atoms with Gasteiger partial charge < -0.3 is 55.8 Å². The topological polar surface area (TPSA) is 307 Å². The van der Waals surface area contributed by atoms with Crippen LogP contribution in [0.5, 0.6) is 0 Å². The van der Waals surface area contributed by atoms with Gasteiger partial charge in [0.15, 0.2) is 0 Å². The SMILES string of the molecule is CN1CC[C@H]2CC[C@@H](C(=O)NC(COC(N)=O)C(=O)NC(Cc3ccc(Cl)cc3)C(=O)N3CCC(CCC#Cc4cccc5c4CN(C4CCC(=O)NC4=O)C5=O)CC3)N2C(=O)[C@@H](NC(=O)c2cc3cc(C(F)(F)P(=O)(O)O)ccc3s2)C1. The van der Waals surface area contributed by atoms with Crippen LogP contribution >= 0.6 is 30.5 Å². The number of benzene rings is 3. The quantitative estimate of drug-likeness (QED) is 0.0478. The van der Waals surface area contributed by atoms with Crippen molar-refractivity contribution in [2.24, 2.45) is 11.7 Å². The molecule has 0 bridgehead atoms. The summed E-state index contributed by atoms with van der Waals surface area (Å²) in [7, 11) is -4.12. The minimum Gasteiger partial charge on any atom is -0.447 e. The summed E-state index contributed by atoms with van der Waals surface area (Å²) in [6.07, 6.45) is 2.66. The standard InChI is InChI=1S/C56H61ClF2N9O13PS/c1-65-22-21-37-14-15-44(68(37)54(76)41(29-65)62-51(73)46-27-34-26-35(11-17-45(34)83-46)56(58,59)82(78,79)80)50(72)63-42(30-81-55(60)77)48(70)61-40(25-32-9-12-36(57)13-10-32)53(75)66-23-19-31(20-24-66)5-2-3-6-33-7-4-8-38-39(33)28-67(52(38)74)43-16-18-47(69)64-49(43)71/h4,7-13,17,26-27,31,37,40-44H,2,5,14-16,18-25,28-30H2,1H3,(H2,60,77)(H,61,70)(H,62,73)(H,63,72)(H,64,69,71)(H2,78,79,80)/t37-,40?,41+,42?,43?,44+/m1/s1. The second kappa shape index (κ2) is 25.3. The molecule has 0 saturated carbocycles. The van der Waals surface area contributed by atoms with Crippen molar-refractivity contribution in [3.8, 4) is 11.8 Å². The van der Waals surface area contributed by atoms with E-state index in [2.05, 4.69) is 33.1 Å². The van der Waals surface area contributed by atoms with Crippen molar-refractivity contribution >= 4 is 94.0 Å². The van der Waals surface area contributed by atoms with E-state index in [1.807, 2.05) is 11.0 Å². The highest BCUT2D eigenvalue weighted by Crippen LogP contribution is 2.59. The normalized spacial score (nSPS) is 21.4. The Hall–Kier alpha value is -7.33. The highest BCUT2D eigenvalue weighted by molar-refractivity contribution is 7.52. The average Bonchev–Trinajstić information content (AvgIpc) is 4.31. The first-order chi connectivity index (χ1) is 39.4. The number of halogens is 3. The van der Waals surface area contributed by atoms with Crippen molar-refractivity contribution in [3.05, 3.63) is 104 Å². The monoisotopic (exact) mass is 1200 g/mol. The fourth-order valence-electron chi connectivity index (χ4n) is 11.4. The van der Waals surface area contributed by atoms with E-state index in [9.17, 15) is 66.3 Å². The number of piperidine rings is 2. The molecule has 5 aliphatic rings. The summed E-state index contributed by atoms with van der Waals surface area (Å²) in [6, 6.07) is 9.79. The first-order valence-corrected chi connectivity index (χ1v) is 29.9. The zero-order chi connectivity index (χ0) is 59.5. The minimum absolute atomic E-state index is 0.0108. The van der Waals surface area contributed by atoms with Gasteiger partial charge in [-0.2, -0.15) is 8.78 Å². The summed E-state index contributed by atoms with van der Waals surface area (Å²) in [6.45, 7) is 0.648. The predicted octanol–water partition coefficient (Wildman–Crippen LogP) is 3.71. The Labute approximate surface area is 484 Å². The summed E-state index contributed by atoms with van der Waals surface area (Å²) < 4.78 is 46.1. The number of nitrogens with zero attached hydrogens (tertiary/aromatic N) is 4. The van der Waals surface area contributed by atoms with Gasteiger partial charge in [-0.1, -0.05) is 47.7 Å². The van der Waals surface area contributed by atoms with E-state index in [1.165, 1.54) is 21.9 Å². The van der Waals surface area contributed by atoms with Crippen molar-refractivity contribution in [1.82, 2.24) is 40.9 Å². The third-order valence-corrected chi connectivity index (χ3v) is 18.2. The highest BCUT2D eigenvalue weighted by atomic mass is 35.5. The molecule has 6 heterocycles. The molecule has 0 radical (unpaired) electrons. The van der Waals surface area contributed by atoms with E-state index in [1.54, 1.807) is 48.3 Å². The number of fused-ring (bicyclic) bond motifs is 3. The number of hydrogen-bond donors (Lipinski definition) is 7. The van der Waals surface area contributed by atoms with Crippen molar-refractivity contribution in [1.29, 1.82) is 0 Å². The van der Waals surface area contributed by atoms with Gasteiger partial charge >= 0.3 is 19.4 Å². The number of ether oxygens (including phenoxy) is 1. The van der Waals surface area contributed by atoms with Crippen molar-refractivity contribution in [2.75, 3.05) is 39.8 Å². The Balaban J connectivity index is 0.841. The largest absolute Gasteiger partial charge is 0.447 e. The third-order valence-electron chi connectivity index (χ3n) is 15.9.